The zero-order chi connectivity index (χ0) is 18.7. The van der Waals surface area contributed by atoms with Crippen LogP contribution in [0.2, 0.25) is 0 Å². The van der Waals surface area contributed by atoms with Gasteiger partial charge < -0.3 is 9.47 Å². The van der Waals surface area contributed by atoms with Crippen LogP contribution in [0.25, 0.3) is 0 Å². The summed E-state index contributed by atoms with van der Waals surface area (Å²) in [5, 5.41) is 0. The molecule has 0 aliphatic rings. The minimum absolute atomic E-state index is 0.0376. The van der Waals surface area contributed by atoms with Crippen molar-refractivity contribution in [2.45, 2.75) is 66.2 Å². The second kappa shape index (κ2) is 7.51. The molecule has 1 heterocycles. The van der Waals surface area contributed by atoms with E-state index in [1.54, 1.807) is 47.6 Å². The Labute approximate surface area is 151 Å². The third-order valence-electron chi connectivity index (χ3n) is 2.52. The largest absolute Gasteiger partial charge is 0.443 e. The summed E-state index contributed by atoms with van der Waals surface area (Å²) in [6.07, 6.45) is -1.53. The molecule has 0 saturated carbocycles. The van der Waals surface area contributed by atoms with Crippen LogP contribution in [-0.4, -0.2) is 33.3 Å². The van der Waals surface area contributed by atoms with Crippen molar-refractivity contribution in [1.29, 1.82) is 0 Å². The summed E-state index contributed by atoms with van der Waals surface area (Å²) in [6.45, 7) is 12.2. The van der Waals surface area contributed by atoms with Crippen LogP contribution in [0.1, 0.15) is 52.9 Å². The molecule has 0 aliphatic heterocycles. The molecule has 0 aromatic carbocycles. The van der Waals surface area contributed by atoms with Crippen molar-refractivity contribution in [3.63, 3.8) is 0 Å². The molecular weight excluding hydrogens is 376 g/mol. The molecule has 1 aromatic rings. The number of halogens is 1. The number of rotatable bonds is 2. The van der Waals surface area contributed by atoms with Crippen molar-refractivity contribution in [2.75, 3.05) is 0 Å². The average Bonchev–Trinajstić information content (AvgIpc) is 2.29. The lowest BCUT2D eigenvalue weighted by atomic mass is 10.2. The first-order valence-electron chi connectivity index (χ1n) is 7.63. The third-order valence-corrected chi connectivity index (χ3v) is 2.98. The van der Waals surface area contributed by atoms with Gasteiger partial charge in [0.1, 0.15) is 11.2 Å². The van der Waals surface area contributed by atoms with Crippen LogP contribution in [0.3, 0.4) is 0 Å². The summed E-state index contributed by atoms with van der Waals surface area (Å²) in [6, 6.07) is 3.59. The molecule has 1 aromatic heterocycles. The van der Waals surface area contributed by atoms with Crippen molar-refractivity contribution < 1.29 is 19.1 Å². The quantitative estimate of drug-likeness (QED) is 0.711. The molecule has 7 heteroatoms. The van der Waals surface area contributed by atoms with Crippen LogP contribution in [0, 0.1) is 6.92 Å². The van der Waals surface area contributed by atoms with Crippen LogP contribution in [-0.2, 0) is 16.0 Å². The van der Waals surface area contributed by atoms with Gasteiger partial charge in [-0.1, -0.05) is 15.9 Å². The Hall–Kier alpha value is -1.63. The number of imide groups is 1. The molecule has 1 rings (SSSR count). The van der Waals surface area contributed by atoms with Crippen molar-refractivity contribution in [3.05, 3.63) is 28.0 Å². The van der Waals surface area contributed by atoms with Crippen molar-refractivity contribution in [2.24, 2.45) is 0 Å². The van der Waals surface area contributed by atoms with E-state index in [4.69, 9.17) is 9.47 Å². The fraction of sp³-hybridized carbons (Fsp3) is 0.588. The van der Waals surface area contributed by atoms with Crippen LogP contribution in [0.15, 0.2) is 16.6 Å². The number of carbonyl (C=O) groups is 2. The minimum atomic E-state index is -0.767. The molecule has 2 amide bonds. The highest BCUT2D eigenvalue weighted by molar-refractivity contribution is 9.10. The van der Waals surface area contributed by atoms with Gasteiger partial charge >= 0.3 is 12.2 Å². The molecule has 0 N–H and O–H groups in total. The molecule has 0 bridgehead atoms. The first kappa shape index (κ1) is 20.4. The number of ether oxygens (including phenoxy) is 2. The van der Waals surface area contributed by atoms with Crippen molar-refractivity contribution in [3.8, 4) is 0 Å². The molecule has 24 heavy (non-hydrogen) atoms. The SMILES string of the molecule is Cc1cc(Br)cc(CN(C(=O)OC(C)(C)C)C(=O)OC(C)(C)C)n1. The van der Waals surface area contributed by atoms with Gasteiger partial charge in [-0.15, -0.1) is 0 Å². The number of carbonyl (C=O) groups excluding carboxylic acids is 2. The van der Waals surface area contributed by atoms with E-state index < -0.39 is 23.4 Å². The van der Waals surface area contributed by atoms with E-state index in [1.165, 1.54) is 0 Å². The fourth-order valence-corrected chi connectivity index (χ4v) is 2.37. The van der Waals surface area contributed by atoms with E-state index in [-0.39, 0.29) is 6.54 Å². The summed E-state index contributed by atoms with van der Waals surface area (Å²) >= 11 is 3.38. The lowest BCUT2D eigenvalue weighted by Gasteiger charge is -2.28. The average molecular weight is 401 g/mol. The highest BCUT2D eigenvalue weighted by Gasteiger charge is 2.31. The maximum absolute atomic E-state index is 12.4. The molecule has 0 saturated heterocycles. The zero-order valence-electron chi connectivity index (χ0n) is 15.3. The van der Waals surface area contributed by atoms with Gasteiger partial charge in [-0.05, 0) is 60.6 Å². The van der Waals surface area contributed by atoms with Crippen LogP contribution in [0.4, 0.5) is 9.59 Å². The molecule has 134 valence electrons. The lowest BCUT2D eigenvalue weighted by molar-refractivity contribution is -0.000490. The maximum Gasteiger partial charge on any atom is 0.420 e. The van der Waals surface area contributed by atoms with Crippen molar-refractivity contribution >= 4 is 28.1 Å². The van der Waals surface area contributed by atoms with E-state index in [0.29, 0.717) is 5.69 Å². The Bertz CT molecular complexity index is 570. The number of aromatic nitrogens is 1. The van der Waals surface area contributed by atoms with Gasteiger partial charge in [0.15, 0.2) is 0 Å². The van der Waals surface area contributed by atoms with E-state index >= 15 is 0 Å². The predicted octanol–water partition coefficient (Wildman–Crippen LogP) is 4.82. The molecule has 0 aliphatic carbocycles. The second-order valence-electron chi connectivity index (χ2n) is 7.46. The number of aryl methyl sites for hydroxylation is 1. The molecule has 0 atom stereocenters. The lowest BCUT2D eigenvalue weighted by Crippen LogP contribution is -2.43. The topological polar surface area (TPSA) is 68.7 Å². The maximum atomic E-state index is 12.4. The predicted molar refractivity (Wildman–Crippen MR) is 94.7 cm³/mol. The summed E-state index contributed by atoms with van der Waals surface area (Å²) < 4.78 is 11.4. The highest BCUT2D eigenvalue weighted by atomic mass is 79.9. The normalized spacial score (nSPS) is 11.8. The van der Waals surface area contributed by atoms with E-state index in [9.17, 15) is 9.59 Å². The van der Waals surface area contributed by atoms with Gasteiger partial charge in [0.05, 0.1) is 12.2 Å². The fourth-order valence-electron chi connectivity index (χ4n) is 1.77. The Morgan fingerprint density at radius 1 is 1.04 bits per heavy atom. The van der Waals surface area contributed by atoms with Gasteiger partial charge in [-0.3, -0.25) is 4.98 Å². The van der Waals surface area contributed by atoms with E-state index in [2.05, 4.69) is 20.9 Å². The first-order chi connectivity index (χ1) is 10.8. The number of amides is 2. The Morgan fingerprint density at radius 3 is 1.88 bits per heavy atom. The zero-order valence-corrected chi connectivity index (χ0v) is 16.9. The van der Waals surface area contributed by atoms with Crippen molar-refractivity contribution in [1.82, 2.24) is 9.88 Å². The number of hydrogen-bond donors (Lipinski definition) is 0. The Morgan fingerprint density at radius 2 is 1.50 bits per heavy atom. The summed E-state index contributed by atoms with van der Waals surface area (Å²) in [4.78, 5) is 30.1. The monoisotopic (exact) mass is 400 g/mol. The molecule has 0 spiro atoms. The second-order valence-corrected chi connectivity index (χ2v) is 8.38. The first-order valence-corrected chi connectivity index (χ1v) is 8.43. The third kappa shape index (κ3) is 7.29. The smallest absolute Gasteiger partial charge is 0.420 e. The highest BCUT2D eigenvalue weighted by Crippen LogP contribution is 2.18. The van der Waals surface area contributed by atoms with Gasteiger partial charge in [0.2, 0.25) is 0 Å². The number of nitrogens with zero attached hydrogens (tertiary/aromatic N) is 2. The van der Waals surface area contributed by atoms with Gasteiger partial charge in [-0.25, -0.2) is 14.5 Å². The standard InChI is InChI=1S/C17H25BrN2O4/c1-11-8-12(18)9-13(19-11)10-20(14(21)23-16(2,3)4)15(22)24-17(5,6)7/h8-9H,10H2,1-7H3. The number of pyridine rings is 1. The van der Waals surface area contributed by atoms with Crippen LogP contribution >= 0.6 is 15.9 Å². The summed E-state index contributed by atoms with van der Waals surface area (Å²) in [7, 11) is 0. The molecule has 0 radical (unpaired) electrons. The van der Waals surface area contributed by atoms with Gasteiger partial charge in [-0.2, -0.15) is 0 Å². The summed E-state index contributed by atoms with van der Waals surface area (Å²) in [5.41, 5.74) is -0.123. The minimum Gasteiger partial charge on any atom is -0.443 e. The van der Waals surface area contributed by atoms with E-state index in [0.717, 1.165) is 15.1 Å². The van der Waals surface area contributed by atoms with Gasteiger partial charge in [0, 0.05) is 10.2 Å². The molecule has 0 unspecified atom stereocenters. The van der Waals surface area contributed by atoms with Gasteiger partial charge in [0.25, 0.3) is 0 Å². The number of hydrogen-bond acceptors (Lipinski definition) is 5. The Kier molecular flexibility index (Phi) is 6.38. The molecule has 6 nitrogen and oxygen atoms in total. The van der Waals surface area contributed by atoms with E-state index in [1.807, 2.05) is 13.0 Å². The molecular formula is C17H25BrN2O4. The Balaban J connectivity index is 3.08. The van der Waals surface area contributed by atoms with Crippen LogP contribution < -0.4 is 0 Å². The summed E-state index contributed by atoms with van der Waals surface area (Å²) in [5.74, 6) is 0. The van der Waals surface area contributed by atoms with Crippen LogP contribution in [0.5, 0.6) is 0 Å². The molecule has 0 fully saturated rings.